The molecule has 2 aromatic rings. The van der Waals surface area contributed by atoms with Gasteiger partial charge in [-0.25, -0.2) is 0 Å². The number of alkyl halides is 1. The van der Waals surface area contributed by atoms with Crippen LogP contribution < -0.4 is 5.32 Å². The number of carbonyl (C=O) groups is 1. The lowest BCUT2D eigenvalue weighted by Crippen LogP contribution is -2.17. The largest absolute Gasteiger partial charge is 0.309 e. The number of carbonyl (C=O) groups excluding carboxylic acids is 1. The molecule has 1 aromatic heterocycles. The first kappa shape index (κ1) is 10.7. The minimum atomic E-state index is -0.704. The van der Waals surface area contributed by atoms with Gasteiger partial charge in [0.25, 0.3) is 0 Å². The Hall–Kier alpha value is -1.81. The first-order chi connectivity index (χ1) is 7.77. The molecule has 1 atom stereocenters. The Morgan fingerprint density at radius 2 is 2.06 bits per heavy atom. The third-order valence-corrected chi connectivity index (χ3v) is 2.53. The lowest BCUT2D eigenvalue weighted by molar-refractivity contribution is -0.116. The molecule has 0 saturated heterocycles. The Kier molecular flexibility index (Phi) is 3.22. The second kappa shape index (κ2) is 4.81. The van der Waals surface area contributed by atoms with E-state index in [9.17, 15) is 4.79 Å². The van der Waals surface area contributed by atoms with E-state index in [4.69, 9.17) is 11.6 Å². The van der Waals surface area contributed by atoms with Crippen LogP contribution in [0.1, 0.15) is 10.9 Å². The number of amides is 1. The summed E-state index contributed by atoms with van der Waals surface area (Å²) in [5.41, 5.74) is 0.765. The predicted molar refractivity (Wildman–Crippen MR) is 62.3 cm³/mol. The van der Waals surface area contributed by atoms with Crippen LogP contribution in [0.4, 0.5) is 5.82 Å². The van der Waals surface area contributed by atoms with Crippen LogP contribution in [0.15, 0.2) is 42.6 Å². The average molecular weight is 236 g/mol. The number of nitrogens with zero attached hydrogens (tertiary/aromatic N) is 1. The number of anilines is 1. The number of benzene rings is 1. The number of nitrogens with one attached hydrogen (secondary N) is 2. The number of halogens is 1. The molecule has 0 bridgehead atoms. The minimum Gasteiger partial charge on any atom is -0.309 e. The third-order valence-electron chi connectivity index (χ3n) is 2.08. The fourth-order valence-corrected chi connectivity index (χ4v) is 1.50. The van der Waals surface area contributed by atoms with Gasteiger partial charge in [0, 0.05) is 6.07 Å². The van der Waals surface area contributed by atoms with Crippen molar-refractivity contribution in [1.82, 2.24) is 10.2 Å². The maximum atomic E-state index is 11.7. The summed E-state index contributed by atoms with van der Waals surface area (Å²) in [7, 11) is 0. The van der Waals surface area contributed by atoms with Gasteiger partial charge in [0.2, 0.25) is 5.91 Å². The van der Waals surface area contributed by atoms with Crippen molar-refractivity contribution in [1.29, 1.82) is 0 Å². The van der Waals surface area contributed by atoms with E-state index in [1.807, 2.05) is 30.3 Å². The Bertz CT molecular complexity index is 455. The molecule has 0 aliphatic heterocycles. The number of aromatic nitrogens is 2. The second-order valence-electron chi connectivity index (χ2n) is 3.23. The summed E-state index contributed by atoms with van der Waals surface area (Å²) < 4.78 is 0. The average Bonchev–Trinajstić information content (AvgIpc) is 2.82. The SMILES string of the molecule is O=C(Nc1ccn[nH]1)C(Cl)c1ccccc1. The van der Waals surface area contributed by atoms with Crippen LogP contribution in [-0.2, 0) is 4.79 Å². The summed E-state index contributed by atoms with van der Waals surface area (Å²) in [6, 6.07) is 10.8. The molecule has 1 amide bonds. The number of rotatable bonds is 3. The van der Waals surface area contributed by atoms with Gasteiger partial charge in [-0.05, 0) is 5.56 Å². The van der Waals surface area contributed by atoms with Gasteiger partial charge in [0.05, 0.1) is 6.20 Å². The predicted octanol–water partition coefficient (Wildman–Crippen LogP) is 2.33. The van der Waals surface area contributed by atoms with Crippen LogP contribution in [0.5, 0.6) is 0 Å². The molecule has 5 heteroatoms. The number of H-pyrrole nitrogens is 1. The first-order valence-electron chi connectivity index (χ1n) is 4.76. The van der Waals surface area contributed by atoms with Gasteiger partial charge in [-0.1, -0.05) is 30.3 Å². The molecule has 1 aromatic carbocycles. The quantitative estimate of drug-likeness (QED) is 0.803. The van der Waals surface area contributed by atoms with Crippen molar-refractivity contribution in [3.8, 4) is 0 Å². The monoisotopic (exact) mass is 235 g/mol. The number of hydrogen-bond acceptors (Lipinski definition) is 2. The minimum absolute atomic E-state index is 0.280. The lowest BCUT2D eigenvalue weighted by atomic mass is 10.1. The zero-order valence-corrected chi connectivity index (χ0v) is 9.11. The van der Waals surface area contributed by atoms with E-state index in [1.54, 1.807) is 12.3 Å². The smallest absolute Gasteiger partial charge is 0.248 e. The first-order valence-corrected chi connectivity index (χ1v) is 5.20. The Balaban J connectivity index is 2.05. The molecule has 2 rings (SSSR count). The topological polar surface area (TPSA) is 57.8 Å². The second-order valence-corrected chi connectivity index (χ2v) is 3.67. The van der Waals surface area contributed by atoms with Gasteiger partial charge < -0.3 is 5.32 Å². The van der Waals surface area contributed by atoms with E-state index in [1.165, 1.54) is 0 Å². The van der Waals surface area contributed by atoms with Crippen LogP contribution in [-0.4, -0.2) is 16.1 Å². The normalized spacial score (nSPS) is 12.1. The van der Waals surface area contributed by atoms with Crippen LogP contribution in [0.3, 0.4) is 0 Å². The summed E-state index contributed by atoms with van der Waals surface area (Å²) >= 11 is 6.03. The van der Waals surface area contributed by atoms with Crippen LogP contribution in [0.2, 0.25) is 0 Å². The lowest BCUT2D eigenvalue weighted by Gasteiger charge is -2.08. The number of aromatic amines is 1. The van der Waals surface area contributed by atoms with Crippen molar-refractivity contribution in [2.24, 2.45) is 0 Å². The van der Waals surface area contributed by atoms with Gasteiger partial charge in [-0.2, -0.15) is 5.10 Å². The fourth-order valence-electron chi connectivity index (χ4n) is 1.29. The van der Waals surface area contributed by atoms with Gasteiger partial charge in [0.1, 0.15) is 11.2 Å². The van der Waals surface area contributed by atoms with Gasteiger partial charge in [0.15, 0.2) is 0 Å². The molecule has 16 heavy (non-hydrogen) atoms. The highest BCUT2D eigenvalue weighted by Gasteiger charge is 2.17. The molecule has 0 radical (unpaired) electrons. The molecule has 1 heterocycles. The molecular formula is C11H10ClN3O. The summed E-state index contributed by atoms with van der Waals surface area (Å²) in [5.74, 6) is 0.253. The molecule has 0 aliphatic rings. The highest BCUT2D eigenvalue weighted by molar-refractivity contribution is 6.32. The molecule has 4 nitrogen and oxygen atoms in total. The number of hydrogen-bond donors (Lipinski definition) is 2. The van der Waals surface area contributed by atoms with Crippen LogP contribution in [0.25, 0.3) is 0 Å². The van der Waals surface area contributed by atoms with Crippen LogP contribution in [0, 0.1) is 0 Å². The fraction of sp³-hybridized carbons (Fsp3) is 0.0909. The Morgan fingerprint density at radius 1 is 1.31 bits per heavy atom. The van der Waals surface area contributed by atoms with Crippen molar-refractivity contribution in [3.05, 3.63) is 48.2 Å². The molecule has 2 N–H and O–H groups in total. The zero-order valence-electron chi connectivity index (χ0n) is 8.35. The molecular weight excluding hydrogens is 226 g/mol. The molecule has 82 valence electrons. The van der Waals surface area contributed by atoms with E-state index in [2.05, 4.69) is 15.5 Å². The highest BCUT2D eigenvalue weighted by Crippen LogP contribution is 2.21. The summed E-state index contributed by atoms with van der Waals surface area (Å²) in [5, 5.41) is 8.29. The van der Waals surface area contributed by atoms with Crippen molar-refractivity contribution >= 4 is 23.3 Å². The Labute approximate surface area is 97.6 Å². The zero-order chi connectivity index (χ0) is 11.4. The van der Waals surface area contributed by atoms with E-state index in [-0.39, 0.29) is 5.91 Å². The maximum absolute atomic E-state index is 11.7. The van der Waals surface area contributed by atoms with Gasteiger partial charge in [-0.15, -0.1) is 11.6 Å². The molecule has 0 fully saturated rings. The molecule has 0 aliphatic carbocycles. The van der Waals surface area contributed by atoms with Gasteiger partial charge >= 0.3 is 0 Å². The standard InChI is InChI=1S/C11H10ClN3O/c12-10(8-4-2-1-3-5-8)11(16)14-9-6-7-13-15-9/h1-7,10H,(H2,13,14,15,16). The van der Waals surface area contributed by atoms with E-state index in [0.717, 1.165) is 5.56 Å². The molecule has 0 saturated carbocycles. The maximum Gasteiger partial charge on any atom is 0.248 e. The van der Waals surface area contributed by atoms with Crippen LogP contribution >= 0.6 is 11.6 Å². The molecule has 0 spiro atoms. The summed E-state index contributed by atoms with van der Waals surface area (Å²) in [6.45, 7) is 0. The Morgan fingerprint density at radius 3 is 2.69 bits per heavy atom. The summed E-state index contributed by atoms with van der Waals surface area (Å²) in [4.78, 5) is 11.7. The van der Waals surface area contributed by atoms with Crippen molar-refractivity contribution in [3.63, 3.8) is 0 Å². The van der Waals surface area contributed by atoms with E-state index in [0.29, 0.717) is 5.82 Å². The van der Waals surface area contributed by atoms with E-state index >= 15 is 0 Å². The van der Waals surface area contributed by atoms with Crippen molar-refractivity contribution in [2.75, 3.05) is 5.32 Å². The van der Waals surface area contributed by atoms with Crippen molar-refractivity contribution in [2.45, 2.75) is 5.38 Å². The molecule has 1 unspecified atom stereocenters. The third kappa shape index (κ3) is 2.41. The summed E-state index contributed by atoms with van der Waals surface area (Å²) in [6.07, 6.45) is 1.56. The van der Waals surface area contributed by atoms with Gasteiger partial charge in [-0.3, -0.25) is 9.89 Å². The van der Waals surface area contributed by atoms with E-state index < -0.39 is 5.38 Å². The highest BCUT2D eigenvalue weighted by atomic mass is 35.5. The van der Waals surface area contributed by atoms with Crippen molar-refractivity contribution < 1.29 is 4.79 Å².